The molecule has 0 spiro atoms. The molecule has 0 saturated carbocycles. The molecule has 0 atom stereocenters. The molecule has 4 rings (SSSR count). The van der Waals surface area contributed by atoms with Crippen molar-refractivity contribution >= 4 is 53.7 Å². The van der Waals surface area contributed by atoms with Gasteiger partial charge in [-0.05, 0) is 48.5 Å². The Morgan fingerprint density at radius 2 is 1.57 bits per heavy atom. The Hall–Kier alpha value is -1.52. The molecule has 4 aromatic rings. The molecular formula is C17H14Br2N2. The largest absolute Gasteiger partial charge is 0.361 e. The van der Waals surface area contributed by atoms with Gasteiger partial charge in [-0.1, -0.05) is 31.9 Å². The Morgan fingerprint density at radius 1 is 0.857 bits per heavy atom. The van der Waals surface area contributed by atoms with Crippen LogP contribution in [-0.2, 0) is 7.05 Å². The van der Waals surface area contributed by atoms with Gasteiger partial charge in [-0.15, -0.1) is 0 Å². The van der Waals surface area contributed by atoms with Gasteiger partial charge in [-0.25, -0.2) is 0 Å². The van der Waals surface area contributed by atoms with E-state index in [-0.39, 0.29) is 0 Å². The van der Waals surface area contributed by atoms with Gasteiger partial charge < -0.3 is 9.55 Å². The molecule has 21 heavy (non-hydrogen) atoms. The zero-order chi connectivity index (χ0) is 14.8. The molecule has 0 unspecified atom stereocenters. The number of aromatic amines is 1. The van der Waals surface area contributed by atoms with Gasteiger partial charge in [0.25, 0.3) is 0 Å². The Labute approximate surface area is 140 Å². The van der Waals surface area contributed by atoms with Crippen LogP contribution < -0.4 is 0 Å². The molecule has 2 aromatic carbocycles. The summed E-state index contributed by atoms with van der Waals surface area (Å²) >= 11 is 6.84. The standard InChI is InChI=1S/C9H8BrN.C8H6BrN/c1-11-5-4-7-6-8(10)2-3-9(7)11;9-7-1-2-8-6(5-7)3-4-10-8/h2-6H,1H3;1-5,10H. The van der Waals surface area contributed by atoms with E-state index in [0.717, 1.165) is 8.95 Å². The lowest BCUT2D eigenvalue weighted by Crippen LogP contribution is -1.81. The summed E-state index contributed by atoms with van der Waals surface area (Å²) < 4.78 is 4.37. The second kappa shape index (κ2) is 6.08. The molecule has 2 heterocycles. The van der Waals surface area contributed by atoms with Crippen LogP contribution in [0.4, 0.5) is 0 Å². The predicted octanol–water partition coefficient (Wildman–Crippen LogP) is 5.87. The summed E-state index contributed by atoms with van der Waals surface area (Å²) in [5.74, 6) is 0. The number of halogens is 2. The summed E-state index contributed by atoms with van der Waals surface area (Å²) in [7, 11) is 2.05. The number of H-pyrrole nitrogens is 1. The fourth-order valence-electron chi connectivity index (χ4n) is 2.28. The maximum atomic E-state index is 3.43. The highest BCUT2D eigenvalue weighted by molar-refractivity contribution is 9.10. The van der Waals surface area contributed by atoms with Gasteiger partial charge in [0.2, 0.25) is 0 Å². The lowest BCUT2D eigenvalue weighted by Gasteiger charge is -1.94. The zero-order valence-electron chi connectivity index (χ0n) is 11.5. The number of rotatable bonds is 0. The number of aromatic nitrogens is 2. The van der Waals surface area contributed by atoms with E-state index in [1.165, 1.54) is 21.8 Å². The van der Waals surface area contributed by atoms with E-state index in [1.807, 2.05) is 12.3 Å². The highest BCUT2D eigenvalue weighted by atomic mass is 79.9. The molecule has 1 N–H and O–H groups in total. The molecule has 0 radical (unpaired) electrons. The Morgan fingerprint density at radius 3 is 2.38 bits per heavy atom. The number of aryl methyl sites for hydroxylation is 1. The highest BCUT2D eigenvalue weighted by Crippen LogP contribution is 2.19. The molecule has 2 nitrogen and oxygen atoms in total. The van der Waals surface area contributed by atoms with Crippen molar-refractivity contribution in [1.29, 1.82) is 0 Å². The minimum Gasteiger partial charge on any atom is -0.361 e. The van der Waals surface area contributed by atoms with E-state index in [2.05, 4.69) is 97.1 Å². The van der Waals surface area contributed by atoms with Gasteiger partial charge >= 0.3 is 0 Å². The Bertz CT molecular complexity index is 890. The van der Waals surface area contributed by atoms with E-state index < -0.39 is 0 Å². The number of hydrogen-bond donors (Lipinski definition) is 1. The molecule has 0 saturated heterocycles. The lowest BCUT2D eigenvalue weighted by molar-refractivity contribution is 0.969. The van der Waals surface area contributed by atoms with Crippen LogP contribution in [0.5, 0.6) is 0 Å². The van der Waals surface area contributed by atoms with Crippen LogP contribution in [0.3, 0.4) is 0 Å². The normalized spacial score (nSPS) is 10.6. The smallest absolute Gasteiger partial charge is 0.0478 e. The molecule has 0 aliphatic carbocycles. The second-order valence-electron chi connectivity index (χ2n) is 4.84. The molecule has 4 heteroatoms. The van der Waals surface area contributed by atoms with Gasteiger partial charge in [-0.2, -0.15) is 0 Å². The molecule has 106 valence electrons. The van der Waals surface area contributed by atoms with Crippen LogP contribution in [0.25, 0.3) is 21.8 Å². The summed E-state index contributed by atoms with van der Waals surface area (Å²) in [6, 6.07) is 16.6. The van der Waals surface area contributed by atoms with Crippen LogP contribution in [0.15, 0.2) is 69.9 Å². The molecule has 0 aliphatic rings. The van der Waals surface area contributed by atoms with Gasteiger partial charge in [-0.3, -0.25) is 0 Å². The van der Waals surface area contributed by atoms with Gasteiger partial charge in [0.1, 0.15) is 0 Å². The summed E-state index contributed by atoms with van der Waals surface area (Å²) in [6.45, 7) is 0. The van der Waals surface area contributed by atoms with Crippen molar-refractivity contribution in [1.82, 2.24) is 9.55 Å². The van der Waals surface area contributed by atoms with Crippen molar-refractivity contribution in [2.75, 3.05) is 0 Å². The summed E-state index contributed by atoms with van der Waals surface area (Å²) in [5.41, 5.74) is 2.46. The first-order valence-corrected chi connectivity index (χ1v) is 8.15. The van der Waals surface area contributed by atoms with Crippen molar-refractivity contribution in [3.05, 3.63) is 69.9 Å². The third kappa shape index (κ3) is 3.22. The molecule has 0 aliphatic heterocycles. The number of fused-ring (bicyclic) bond motifs is 2. The summed E-state index contributed by atoms with van der Waals surface area (Å²) in [6.07, 6.45) is 4.01. The van der Waals surface area contributed by atoms with Crippen LogP contribution in [-0.4, -0.2) is 9.55 Å². The van der Waals surface area contributed by atoms with Crippen LogP contribution in [0.1, 0.15) is 0 Å². The van der Waals surface area contributed by atoms with Gasteiger partial charge in [0.05, 0.1) is 0 Å². The Balaban J connectivity index is 0.000000126. The van der Waals surface area contributed by atoms with E-state index in [0.29, 0.717) is 0 Å². The fourth-order valence-corrected chi connectivity index (χ4v) is 3.03. The average Bonchev–Trinajstić information content (AvgIpc) is 3.06. The van der Waals surface area contributed by atoms with Crippen molar-refractivity contribution in [2.24, 2.45) is 7.05 Å². The van der Waals surface area contributed by atoms with Crippen molar-refractivity contribution in [3.8, 4) is 0 Å². The maximum Gasteiger partial charge on any atom is 0.0478 e. The average molecular weight is 406 g/mol. The van der Waals surface area contributed by atoms with E-state index in [9.17, 15) is 0 Å². The molecule has 0 amide bonds. The highest BCUT2D eigenvalue weighted by Gasteiger charge is 1.96. The third-order valence-electron chi connectivity index (χ3n) is 3.36. The van der Waals surface area contributed by atoms with Crippen molar-refractivity contribution in [3.63, 3.8) is 0 Å². The van der Waals surface area contributed by atoms with Crippen LogP contribution >= 0.6 is 31.9 Å². The van der Waals surface area contributed by atoms with E-state index in [1.54, 1.807) is 0 Å². The van der Waals surface area contributed by atoms with E-state index in [4.69, 9.17) is 0 Å². The monoisotopic (exact) mass is 404 g/mol. The molecule has 2 aromatic heterocycles. The zero-order valence-corrected chi connectivity index (χ0v) is 14.6. The molecule has 0 fully saturated rings. The topological polar surface area (TPSA) is 20.7 Å². The quantitative estimate of drug-likeness (QED) is 0.377. The second-order valence-corrected chi connectivity index (χ2v) is 6.67. The first kappa shape index (κ1) is 14.4. The molecule has 0 bridgehead atoms. The predicted molar refractivity (Wildman–Crippen MR) is 96.6 cm³/mol. The minimum atomic E-state index is 1.12. The third-order valence-corrected chi connectivity index (χ3v) is 4.35. The summed E-state index contributed by atoms with van der Waals surface area (Å²) in [5, 5.41) is 2.52. The van der Waals surface area contributed by atoms with Crippen LogP contribution in [0, 0.1) is 0 Å². The Kier molecular flexibility index (Phi) is 4.17. The number of benzene rings is 2. The van der Waals surface area contributed by atoms with E-state index >= 15 is 0 Å². The summed E-state index contributed by atoms with van der Waals surface area (Å²) in [4.78, 5) is 3.13. The minimum absolute atomic E-state index is 1.12. The van der Waals surface area contributed by atoms with Crippen molar-refractivity contribution in [2.45, 2.75) is 0 Å². The van der Waals surface area contributed by atoms with Crippen LogP contribution in [0.2, 0.25) is 0 Å². The molecular weight excluding hydrogens is 392 g/mol. The fraction of sp³-hybridized carbons (Fsp3) is 0.0588. The first-order valence-electron chi connectivity index (χ1n) is 6.57. The maximum absolute atomic E-state index is 3.43. The number of hydrogen-bond acceptors (Lipinski definition) is 0. The first-order chi connectivity index (χ1) is 10.1. The SMILES string of the molecule is Brc1ccc2[nH]ccc2c1.Cn1ccc2cc(Br)ccc21. The van der Waals surface area contributed by atoms with Gasteiger partial charge in [0.15, 0.2) is 0 Å². The number of nitrogens with one attached hydrogen (secondary N) is 1. The number of nitrogens with zero attached hydrogens (tertiary/aromatic N) is 1. The van der Waals surface area contributed by atoms with Gasteiger partial charge in [0, 0.05) is 50.2 Å². The van der Waals surface area contributed by atoms with Crippen molar-refractivity contribution < 1.29 is 0 Å². The lowest BCUT2D eigenvalue weighted by atomic mass is 10.2.